The van der Waals surface area contributed by atoms with E-state index in [1.165, 1.54) is 13.2 Å². The van der Waals surface area contributed by atoms with Crippen LogP contribution in [0.4, 0.5) is 4.39 Å². The molecule has 2 aromatic rings. The molecule has 4 heteroatoms. The van der Waals surface area contributed by atoms with Gasteiger partial charge in [0.25, 0.3) is 0 Å². The van der Waals surface area contributed by atoms with Crippen LogP contribution in [0, 0.1) is 5.82 Å². The molecule has 0 bridgehead atoms. The minimum absolute atomic E-state index is 0.0824. The number of nitrogens with zero attached hydrogens (tertiary/aromatic N) is 1. The topological polar surface area (TPSA) is 34.1 Å². The summed E-state index contributed by atoms with van der Waals surface area (Å²) >= 11 is 0. The number of aromatic nitrogens is 1. The lowest BCUT2D eigenvalue weighted by Crippen LogP contribution is -2.25. The smallest absolute Gasteiger partial charge is 0.165 e. The highest BCUT2D eigenvalue weighted by atomic mass is 19.1. The molecule has 1 heterocycles. The maximum absolute atomic E-state index is 13.8. The zero-order valence-electron chi connectivity index (χ0n) is 12.5. The Morgan fingerprint density at radius 2 is 2.14 bits per heavy atom. The number of rotatable bonds is 7. The van der Waals surface area contributed by atoms with Crippen molar-refractivity contribution in [2.75, 3.05) is 13.7 Å². The van der Waals surface area contributed by atoms with Crippen LogP contribution in [0.15, 0.2) is 42.6 Å². The van der Waals surface area contributed by atoms with Crippen molar-refractivity contribution >= 4 is 0 Å². The molecule has 112 valence electrons. The molecule has 0 saturated carbocycles. The molecule has 0 spiro atoms. The number of pyridine rings is 1. The molecule has 1 aromatic heterocycles. The van der Waals surface area contributed by atoms with Crippen LogP contribution in [0.2, 0.25) is 0 Å². The van der Waals surface area contributed by atoms with E-state index in [1.807, 2.05) is 24.3 Å². The summed E-state index contributed by atoms with van der Waals surface area (Å²) in [5.41, 5.74) is 1.90. The van der Waals surface area contributed by atoms with Gasteiger partial charge in [-0.3, -0.25) is 4.98 Å². The second-order valence-corrected chi connectivity index (χ2v) is 4.93. The normalized spacial score (nSPS) is 12.1. The molecule has 1 atom stereocenters. The molecule has 21 heavy (non-hydrogen) atoms. The van der Waals surface area contributed by atoms with Gasteiger partial charge in [-0.15, -0.1) is 0 Å². The number of hydrogen-bond donors (Lipinski definition) is 1. The summed E-state index contributed by atoms with van der Waals surface area (Å²) in [6, 6.07) is 11.0. The van der Waals surface area contributed by atoms with Gasteiger partial charge in [0.1, 0.15) is 0 Å². The highest BCUT2D eigenvalue weighted by Gasteiger charge is 2.14. The van der Waals surface area contributed by atoms with Crippen LogP contribution in [-0.4, -0.2) is 18.6 Å². The number of hydrogen-bond acceptors (Lipinski definition) is 3. The fraction of sp³-hybridized carbons (Fsp3) is 0.353. The van der Waals surface area contributed by atoms with Crippen molar-refractivity contribution in [3.8, 4) is 5.75 Å². The van der Waals surface area contributed by atoms with Crippen molar-refractivity contribution in [1.82, 2.24) is 10.3 Å². The van der Waals surface area contributed by atoms with Gasteiger partial charge < -0.3 is 10.1 Å². The Morgan fingerprint density at radius 1 is 1.29 bits per heavy atom. The zero-order chi connectivity index (χ0) is 15.1. The first-order chi connectivity index (χ1) is 10.2. The van der Waals surface area contributed by atoms with Gasteiger partial charge >= 0.3 is 0 Å². The lowest BCUT2D eigenvalue weighted by Gasteiger charge is -2.18. The maximum Gasteiger partial charge on any atom is 0.165 e. The number of halogens is 1. The highest BCUT2D eigenvalue weighted by molar-refractivity contribution is 5.30. The van der Waals surface area contributed by atoms with E-state index in [0.29, 0.717) is 6.42 Å². The average Bonchev–Trinajstić information content (AvgIpc) is 2.52. The van der Waals surface area contributed by atoms with Gasteiger partial charge in [0, 0.05) is 6.20 Å². The summed E-state index contributed by atoms with van der Waals surface area (Å²) in [5, 5.41) is 3.47. The number of ether oxygens (including phenoxy) is 1. The first-order valence-electron chi connectivity index (χ1n) is 7.21. The molecular weight excluding hydrogens is 267 g/mol. The summed E-state index contributed by atoms with van der Waals surface area (Å²) in [6.07, 6.45) is 3.52. The van der Waals surface area contributed by atoms with Crippen LogP contribution in [0.5, 0.6) is 5.75 Å². The van der Waals surface area contributed by atoms with Crippen LogP contribution >= 0.6 is 0 Å². The van der Waals surface area contributed by atoms with Crippen LogP contribution in [-0.2, 0) is 6.42 Å². The van der Waals surface area contributed by atoms with Crippen molar-refractivity contribution < 1.29 is 9.13 Å². The van der Waals surface area contributed by atoms with E-state index in [2.05, 4.69) is 17.2 Å². The molecule has 3 nitrogen and oxygen atoms in total. The Morgan fingerprint density at radius 3 is 2.76 bits per heavy atom. The molecule has 0 fully saturated rings. The molecule has 0 amide bonds. The van der Waals surface area contributed by atoms with E-state index >= 15 is 0 Å². The molecular formula is C17H21FN2O. The lowest BCUT2D eigenvalue weighted by atomic mass is 10.0. The van der Waals surface area contributed by atoms with Crippen molar-refractivity contribution in [3.05, 3.63) is 59.7 Å². The molecule has 0 aliphatic carbocycles. The van der Waals surface area contributed by atoms with Gasteiger partial charge in [-0.2, -0.15) is 0 Å². The van der Waals surface area contributed by atoms with Crippen LogP contribution in [0.1, 0.15) is 30.6 Å². The van der Waals surface area contributed by atoms with Gasteiger partial charge in [0.2, 0.25) is 0 Å². The molecule has 0 aliphatic rings. The lowest BCUT2D eigenvalue weighted by molar-refractivity contribution is 0.386. The van der Waals surface area contributed by atoms with Gasteiger partial charge in [-0.05, 0) is 49.2 Å². The predicted molar refractivity (Wildman–Crippen MR) is 81.9 cm³/mol. The molecule has 1 N–H and O–H groups in total. The molecule has 1 aromatic carbocycles. The number of methoxy groups -OCH3 is 1. The van der Waals surface area contributed by atoms with Crippen molar-refractivity contribution in [3.63, 3.8) is 0 Å². The second-order valence-electron chi connectivity index (χ2n) is 4.93. The third-order valence-electron chi connectivity index (χ3n) is 3.34. The SMILES string of the molecule is CCCNC(Cc1ccc(OC)c(F)c1)c1ccccn1. The van der Waals surface area contributed by atoms with E-state index in [1.54, 1.807) is 12.3 Å². The van der Waals surface area contributed by atoms with Gasteiger partial charge in [0.05, 0.1) is 18.8 Å². The Labute approximate surface area is 125 Å². The Bertz CT molecular complexity index is 560. The summed E-state index contributed by atoms with van der Waals surface area (Å²) < 4.78 is 18.7. The zero-order valence-corrected chi connectivity index (χ0v) is 12.5. The Hall–Kier alpha value is -1.94. The fourth-order valence-corrected chi connectivity index (χ4v) is 2.25. The largest absolute Gasteiger partial charge is 0.494 e. The van der Waals surface area contributed by atoms with Gasteiger partial charge in [0.15, 0.2) is 11.6 Å². The van der Waals surface area contributed by atoms with E-state index in [9.17, 15) is 4.39 Å². The summed E-state index contributed by atoms with van der Waals surface area (Å²) in [5.74, 6) is -0.0556. The summed E-state index contributed by atoms with van der Waals surface area (Å²) in [6.45, 7) is 3.02. The third kappa shape index (κ3) is 4.26. The standard InChI is InChI=1S/C17H21FN2O/c1-3-9-19-16(15-6-4-5-10-20-15)12-13-7-8-17(21-2)14(18)11-13/h4-8,10-11,16,19H,3,9,12H2,1-2H3. The third-order valence-corrected chi connectivity index (χ3v) is 3.34. The molecule has 0 radical (unpaired) electrons. The first kappa shape index (κ1) is 15.4. The Kier molecular flexibility index (Phi) is 5.69. The second kappa shape index (κ2) is 7.74. The van der Waals surface area contributed by atoms with Gasteiger partial charge in [-0.25, -0.2) is 4.39 Å². The fourth-order valence-electron chi connectivity index (χ4n) is 2.25. The Balaban J connectivity index is 2.16. The minimum Gasteiger partial charge on any atom is -0.494 e. The predicted octanol–water partition coefficient (Wildman–Crippen LogP) is 3.51. The quantitative estimate of drug-likeness (QED) is 0.846. The van der Waals surface area contributed by atoms with E-state index in [-0.39, 0.29) is 17.6 Å². The number of benzene rings is 1. The van der Waals surface area contributed by atoms with Crippen molar-refractivity contribution in [1.29, 1.82) is 0 Å². The van der Waals surface area contributed by atoms with Crippen LogP contribution < -0.4 is 10.1 Å². The molecule has 0 aliphatic heterocycles. The van der Waals surface area contributed by atoms with E-state index < -0.39 is 0 Å². The first-order valence-corrected chi connectivity index (χ1v) is 7.21. The molecule has 2 rings (SSSR count). The van der Waals surface area contributed by atoms with E-state index in [4.69, 9.17) is 4.74 Å². The van der Waals surface area contributed by atoms with E-state index in [0.717, 1.165) is 24.2 Å². The average molecular weight is 288 g/mol. The summed E-state index contributed by atoms with van der Waals surface area (Å²) in [4.78, 5) is 4.40. The van der Waals surface area contributed by atoms with Crippen molar-refractivity contribution in [2.24, 2.45) is 0 Å². The van der Waals surface area contributed by atoms with Crippen LogP contribution in [0.25, 0.3) is 0 Å². The van der Waals surface area contributed by atoms with Gasteiger partial charge in [-0.1, -0.05) is 19.1 Å². The minimum atomic E-state index is -0.328. The molecule has 1 unspecified atom stereocenters. The van der Waals surface area contributed by atoms with Crippen molar-refractivity contribution in [2.45, 2.75) is 25.8 Å². The highest BCUT2D eigenvalue weighted by Crippen LogP contribution is 2.22. The molecule has 0 saturated heterocycles. The van der Waals surface area contributed by atoms with Crippen LogP contribution in [0.3, 0.4) is 0 Å². The number of nitrogens with one attached hydrogen (secondary N) is 1. The summed E-state index contributed by atoms with van der Waals surface area (Å²) in [7, 11) is 1.47. The monoisotopic (exact) mass is 288 g/mol. The maximum atomic E-state index is 13.8.